The van der Waals surface area contributed by atoms with Crippen LogP contribution in [0.5, 0.6) is 0 Å². The topological polar surface area (TPSA) is 40.5 Å². The maximum absolute atomic E-state index is 9.54. The molecule has 0 spiro atoms. The van der Waals surface area contributed by atoms with E-state index >= 15 is 0 Å². The predicted molar refractivity (Wildman–Crippen MR) is 382 cm³/mol. The van der Waals surface area contributed by atoms with Crippen molar-refractivity contribution >= 4 is 44.4 Å². The lowest BCUT2D eigenvalue weighted by Gasteiger charge is -2.21. The van der Waals surface area contributed by atoms with Gasteiger partial charge in [-0.2, -0.15) is 0 Å². The summed E-state index contributed by atoms with van der Waals surface area (Å²) in [5.41, 5.74) is 37.4. The molecule has 89 heavy (non-hydrogen) atoms. The Labute approximate surface area is 542 Å². The lowest BCUT2D eigenvalue weighted by molar-refractivity contribution is 0.426. The first-order chi connectivity index (χ1) is 42.6. The van der Waals surface area contributed by atoms with Crippen LogP contribution in [0.4, 0.5) is 0 Å². The van der Waals surface area contributed by atoms with Crippen LogP contribution in [0, 0.1) is 0 Å². The summed E-state index contributed by atoms with van der Waals surface area (Å²) in [5.74, 6) is 0. The van der Waals surface area contributed by atoms with Crippen molar-refractivity contribution in [2.75, 3.05) is 0 Å². The summed E-state index contributed by atoms with van der Waals surface area (Å²) in [7, 11) is -1.43. The molecule has 12 aromatic rings. The van der Waals surface area contributed by atoms with Gasteiger partial charge in [-0.1, -0.05) is 293 Å². The number of hydrogen-bond acceptors (Lipinski definition) is 2. The second-order valence-corrected chi connectivity index (χ2v) is 27.7. The summed E-state index contributed by atoms with van der Waals surface area (Å²) in [5, 5.41) is 19.1. The van der Waals surface area contributed by atoms with E-state index in [1.807, 2.05) is 18.2 Å². The van der Waals surface area contributed by atoms with E-state index in [1.165, 1.54) is 139 Å². The molecule has 0 amide bonds. The molecule has 5 heteroatoms. The Bertz CT molecular complexity index is 4600. The van der Waals surface area contributed by atoms with Crippen LogP contribution < -0.4 is 5.46 Å². The third-order valence-corrected chi connectivity index (χ3v) is 20.9. The van der Waals surface area contributed by atoms with Gasteiger partial charge >= 0.3 is 7.12 Å². The highest BCUT2D eigenvalue weighted by Gasteiger charge is 2.40. The second-order valence-electron chi connectivity index (χ2n) is 25.9. The summed E-state index contributed by atoms with van der Waals surface area (Å²) < 4.78 is 2.26. The molecular formula is C84H69BBr2O2. The zero-order valence-corrected chi connectivity index (χ0v) is 53.5. The van der Waals surface area contributed by atoms with E-state index in [1.54, 1.807) is 6.07 Å². The predicted octanol–water partition coefficient (Wildman–Crippen LogP) is 21.6. The van der Waals surface area contributed by atoms with Crippen LogP contribution in [0.2, 0.25) is 0 Å². The summed E-state index contributed by atoms with van der Waals surface area (Å²) in [6, 6.07) is 91.0. The van der Waals surface area contributed by atoms with Crippen LogP contribution in [-0.2, 0) is 29.1 Å². The standard InChI is InChI=1S/C49H38.C19H12Br2.C15H15BO2.CH4/c1-48(2)42-19-9-7-15-38(42)46-34(17-11-21-44(46)48)32-25-23-30-27-31-24-26-33(29-41(31)37-14-6-5-13-36(37)40(30)28-32)35-18-12-22-45-47(35)39-16-8-10-20-43(39)49(45,3)4;20-14-7-5-12-9-13-6-8-15(21)11-19(13)17-4-2-1-3-16(17)18(12)10-14;1-15(2)11-7-4-3-6-10(11)14-12(15)8-5-9-13(14)16(17)18;/h5-26,28-29H,27H2,1-4H3;1-8,10-11H,9H2;3-9,17-18H,1-2H3;1H4. The lowest BCUT2D eigenvalue weighted by atomic mass is 9.74. The molecule has 0 atom stereocenters. The fourth-order valence-electron chi connectivity index (χ4n) is 15.5. The Morgan fingerprint density at radius 2 is 0.562 bits per heavy atom. The van der Waals surface area contributed by atoms with Crippen molar-refractivity contribution in [1.29, 1.82) is 0 Å². The Morgan fingerprint density at radius 1 is 0.281 bits per heavy atom. The molecule has 12 aromatic carbocycles. The Balaban J connectivity index is 0.000000142. The number of fused-ring (bicyclic) bond motifs is 19. The summed E-state index contributed by atoms with van der Waals surface area (Å²) >= 11 is 7.21. The molecule has 0 unspecified atom stereocenters. The monoisotopic (exact) mass is 1280 g/mol. The molecule has 0 heterocycles. The van der Waals surface area contributed by atoms with Gasteiger partial charge in [-0.25, -0.2) is 0 Å². The van der Waals surface area contributed by atoms with Gasteiger partial charge in [0.05, 0.1) is 0 Å². The largest absolute Gasteiger partial charge is 0.489 e. The van der Waals surface area contributed by atoms with E-state index in [9.17, 15) is 10.0 Å². The normalized spacial score (nSPS) is 14.3. The van der Waals surface area contributed by atoms with E-state index in [0.29, 0.717) is 5.46 Å². The highest BCUT2D eigenvalue weighted by molar-refractivity contribution is 9.10. The molecule has 434 valence electrons. The quantitative estimate of drug-likeness (QED) is 0.173. The minimum Gasteiger partial charge on any atom is -0.423 e. The highest BCUT2D eigenvalue weighted by Crippen LogP contribution is 2.55. The van der Waals surface area contributed by atoms with Crippen LogP contribution in [0.1, 0.15) is 105 Å². The zero-order chi connectivity index (χ0) is 60.4. The van der Waals surface area contributed by atoms with Crippen molar-refractivity contribution in [3.05, 3.63) is 313 Å². The van der Waals surface area contributed by atoms with E-state index < -0.39 is 7.12 Å². The van der Waals surface area contributed by atoms with E-state index in [-0.39, 0.29) is 23.7 Å². The first kappa shape index (κ1) is 58.3. The van der Waals surface area contributed by atoms with Crippen molar-refractivity contribution < 1.29 is 10.0 Å². The molecule has 17 rings (SSSR count). The average Bonchev–Trinajstić information content (AvgIpc) is 1.62. The fourth-order valence-corrected chi connectivity index (χ4v) is 16.2. The van der Waals surface area contributed by atoms with Crippen LogP contribution in [0.3, 0.4) is 0 Å². The van der Waals surface area contributed by atoms with Gasteiger partial charge in [0.15, 0.2) is 0 Å². The van der Waals surface area contributed by atoms with E-state index in [0.717, 1.165) is 38.5 Å². The second kappa shape index (κ2) is 22.3. The third kappa shape index (κ3) is 9.50. The van der Waals surface area contributed by atoms with Gasteiger partial charge in [-0.15, -0.1) is 0 Å². The molecule has 0 radical (unpaired) electrons. The van der Waals surface area contributed by atoms with E-state index in [2.05, 4.69) is 298 Å². The number of benzene rings is 12. The minimum atomic E-state index is -1.43. The van der Waals surface area contributed by atoms with Gasteiger partial charge < -0.3 is 10.0 Å². The summed E-state index contributed by atoms with van der Waals surface area (Å²) in [6.45, 7) is 13.8. The van der Waals surface area contributed by atoms with Gasteiger partial charge in [0.1, 0.15) is 0 Å². The molecule has 0 bridgehead atoms. The molecule has 2 N–H and O–H groups in total. The van der Waals surface area contributed by atoms with Crippen molar-refractivity contribution in [2.45, 2.75) is 78.1 Å². The zero-order valence-electron chi connectivity index (χ0n) is 50.3. The highest BCUT2D eigenvalue weighted by atomic mass is 79.9. The van der Waals surface area contributed by atoms with E-state index in [4.69, 9.17) is 0 Å². The molecule has 5 aliphatic rings. The first-order valence-corrected chi connectivity index (χ1v) is 32.3. The van der Waals surface area contributed by atoms with Gasteiger partial charge in [0.25, 0.3) is 0 Å². The molecular weight excluding hydrogens is 1210 g/mol. The molecule has 0 aliphatic heterocycles. The van der Waals surface area contributed by atoms with Gasteiger partial charge in [-0.3, -0.25) is 0 Å². The Kier molecular flexibility index (Phi) is 14.6. The van der Waals surface area contributed by atoms with Crippen LogP contribution >= 0.6 is 31.9 Å². The van der Waals surface area contributed by atoms with Crippen molar-refractivity contribution in [2.24, 2.45) is 0 Å². The smallest absolute Gasteiger partial charge is 0.423 e. The van der Waals surface area contributed by atoms with Crippen LogP contribution in [-0.4, -0.2) is 17.2 Å². The summed E-state index contributed by atoms with van der Waals surface area (Å²) in [6.07, 6.45) is 1.88. The number of hydrogen-bond donors (Lipinski definition) is 2. The molecule has 0 aromatic heterocycles. The van der Waals surface area contributed by atoms with Crippen LogP contribution in [0.15, 0.2) is 258 Å². The van der Waals surface area contributed by atoms with Crippen molar-refractivity contribution in [3.8, 4) is 100 Å². The molecule has 0 saturated heterocycles. The average molecular weight is 1280 g/mol. The van der Waals surface area contributed by atoms with Gasteiger partial charge in [-0.05, 0) is 210 Å². The number of halogens is 2. The SMILES string of the molecule is Brc1ccc2c(c1)-c1ccccc1-c1cc(Br)ccc1C2.C.CC1(C)c2ccccc2-c2c(-c3ccc4c(c3)-c3ccccc3-c3cc(-c5cccc6c5-c5ccccc5C6(C)C)ccc3C4)cccc21.CC1(C)c2ccccc2-c2c(B(O)O)cccc21. The summed E-state index contributed by atoms with van der Waals surface area (Å²) in [4.78, 5) is 0. The molecule has 0 saturated carbocycles. The maximum Gasteiger partial charge on any atom is 0.489 e. The maximum atomic E-state index is 9.54. The lowest BCUT2D eigenvalue weighted by Crippen LogP contribution is -2.32. The molecule has 2 nitrogen and oxygen atoms in total. The van der Waals surface area contributed by atoms with Crippen molar-refractivity contribution in [3.63, 3.8) is 0 Å². The minimum absolute atomic E-state index is 0. The molecule has 5 aliphatic carbocycles. The Hall–Kier alpha value is -8.42. The van der Waals surface area contributed by atoms with Crippen molar-refractivity contribution in [1.82, 2.24) is 0 Å². The van der Waals surface area contributed by atoms with Gasteiger partial charge in [0, 0.05) is 25.2 Å². The molecule has 0 fully saturated rings. The number of rotatable bonds is 3. The van der Waals surface area contributed by atoms with Gasteiger partial charge in [0.2, 0.25) is 0 Å². The Morgan fingerprint density at radius 3 is 0.933 bits per heavy atom. The first-order valence-electron chi connectivity index (χ1n) is 30.7. The fraction of sp³-hybridized carbons (Fsp3) is 0.143. The van der Waals surface area contributed by atoms with Crippen LogP contribution in [0.25, 0.3) is 100 Å². The third-order valence-electron chi connectivity index (χ3n) is 19.9.